The number of pyridine rings is 1. The predicted molar refractivity (Wildman–Crippen MR) is 57.8 cm³/mol. The maximum atomic E-state index is 10.6. The van der Waals surface area contributed by atoms with Crippen molar-refractivity contribution in [2.24, 2.45) is 5.14 Å². The predicted octanol–water partition coefficient (Wildman–Crippen LogP) is -0.935. The molecule has 0 saturated carbocycles. The topological polar surface area (TPSA) is 102 Å². The molecule has 3 N–H and O–H groups in total. The molecule has 7 nitrogen and oxygen atoms in total. The third-order valence-electron chi connectivity index (χ3n) is 2.04. The van der Waals surface area contributed by atoms with Crippen molar-refractivity contribution >= 4 is 15.9 Å². The number of nitrogens with zero attached hydrogens (tertiary/aromatic N) is 3. The number of nitrogens with one attached hydrogen (secondary N) is 1. The van der Waals surface area contributed by atoms with E-state index in [0.29, 0.717) is 12.2 Å². The summed E-state index contributed by atoms with van der Waals surface area (Å²) in [6.07, 6.45) is 2.25. The van der Waals surface area contributed by atoms with Crippen molar-refractivity contribution in [3.05, 3.63) is 30.2 Å². The van der Waals surface area contributed by atoms with Gasteiger partial charge in [0.1, 0.15) is 5.82 Å². The summed E-state index contributed by atoms with van der Waals surface area (Å²) in [5.41, 5.74) is 0.730. The lowest BCUT2D eigenvalue weighted by Crippen LogP contribution is -2.32. The molecular formula is C8H11N5O2S. The first-order chi connectivity index (χ1) is 7.56. The molecule has 0 unspecified atom stereocenters. The first-order valence-corrected chi connectivity index (χ1v) is 6.17. The van der Waals surface area contributed by atoms with Crippen LogP contribution in [0, 0.1) is 0 Å². The zero-order valence-corrected chi connectivity index (χ0v) is 9.18. The fourth-order valence-electron chi connectivity index (χ4n) is 1.37. The molecule has 0 radical (unpaired) electrons. The van der Waals surface area contributed by atoms with Gasteiger partial charge in [-0.3, -0.25) is 4.40 Å². The van der Waals surface area contributed by atoms with E-state index >= 15 is 0 Å². The van der Waals surface area contributed by atoms with Crippen LogP contribution in [0.15, 0.2) is 24.4 Å². The fraction of sp³-hybridized carbons (Fsp3) is 0.250. The fourth-order valence-corrected chi connectivity index (χ4v) is 1.75. The maximum Gasteiger partial charge on any atom is 0.274 e. The molecule has 2 rings (SSSR count). The van der Waals surface area contributed by atoms with Crippen molar-refractivity contribution in [1.29, 1.82) is 0 Å². The minimum Gasteiger partial charge on any atom is -0.286 e. The van der Waals surface area contributed by atoms with Crippen LogP contribution in [0.1, 0.15) is 5.82 Å². The summed E-state index contributed by atoms with van der Waals surface area (Å²) in [5.74, 6) is 0.687. The Morgan fingerprint density at radius 1 is 1.38 bits per heavy atom. The molecule has 2 aromatic heterocycles. The average Bonchev–Trinajstić information content (AvgIpc) is 2.60. The number of rotatable bonds is 4. The molecule has 2 aromatic rings. The van der Waals surface area contributed by atoms with Gasteiger partial charge in [-0.15, -0.1) is 10.2 Å². The van der Waals surface area contributed by atoms with Crippen LogP contribution in [0.2, 0.25) is 0 Å². The van der Waals surface area contributed by atoms with Gasteiger partial charge in [-0.1, -0.05) is 6.07 Å². The van der Waals surface area contributed by atoms with Crippen molar-refractivity contribution in [2.45, 2.75) is 6.42 Å². The van der Waals surface area contributed by atoms with Crippen LogP contribution >= 0.6 is 0 Å². The summed E-state index contributed by atoms with van der Waals surface area (Å²) in [6.45, 7) is 0.203. The second kappa shape index (κ2) is 4.16. The molecule has 0 fully saturated rings. The zero-order chi connectivity index (χ0) is 11.6. The largest absolute Gasteiger partial charge is 0.286 e. The van der Waals surface area contributed by atoms with Gasteiger partial charge < -0.3 is 0 Å². The maximum absolute atomic E-state index is 10.6. The summed E-state index contributed by atoms with van der Waals surface area (Å²) in [7, 11) is -3.64. The van der Waals surface area contributed by atoms with Gasteiger partial charge in [0.15, 0.2) is 5.65 Å². The molecule has 0 aliphatic heterocycles. The van der Waals surface area contributed by atoms with Crippen LogP contribution in [0.4, 0.5) is 0 Å². The first-order valence-electron chi connectivity index (χ1n) is 4.62. The quantitative estimate of drug-likeness (QED) is 0.721. The van der Waals surface area contributed by atoms with E-state index in [1.807, 2.05) is 24.4 Å². The lowest BCUT2D eigenvalue weighted by Gasteiger charge is -2.00. The van der Waals surface area contributed by atoms with E-state index in [1.165, 1.54) is 0 Å². The molecule has 0 atom stereocenters. The number of aromatic nitrogens is 3. The highest BCUT2D eigenvalue weighted by Gasteiger charge is 2.05. The SMILES string of the molecule is NS(=O)(=O)NCCc1nnc2ccccn12. The van der Waals surface area contributed by atoms with Crippen LogP contribution in [0.25, 0.3) is 5.65 Å². The van der Waals surface area contributed by atoms with E-state index in [1.54, 1.807) is 4.40 Å². The van der Waals surface area contributed by atoms with Gasteiger partial charge in [-0.25, -0.2) is 9.86 Å². The zero-order valence-electron chi connectivity index (χ0n) is 8.37. The van der Waals surface area contributed by atoms with Gasteiger partial charge in [-0.05, 0) is 12.1 Å². The lowest BCUT2D eigenvalue weighted by atomic mass is 10.4. The van der Waals surface area contributed by atoms with Gasteiger partial charge in [-0.2, -0.15) is 8.42 Å². The highest BCUT2D eigenvalue weighted by Crippen LogP contribution is 2.02. The van der Waals surface area contributed by atoms with E-state index in [0.717, 1.165) is 5.65 Å². The van der Waals surface area contributed by atoms with E-state index in [-0.39, 0.29) is 6.54 Å². The third kappa shape index (κ3) is 2.54. The molecule has 86 valence electrons. The molecule has 0 saturated heterocycles. The molecule has 0 aliphatic rings. The van der Waals surface area contributed by atoms with Crippen molar-refractivity contribution < 1.29 is 8.42 Å². The smallest absolute Gasteiger partial charge is 0.274 e. The second-order valence-electron chi connectivity index (χ2n) is 3.23. The second-order valence-corrected chi connectivity index (χ2v) is 4.61. The van der Waals surface area contributed by atoms with Crippen molar-refractivity contribution in [3.63, 3.8) is 0 Å². The van der Waals surface area contributed by atoms with E-state index in [4.69, 9.17) is 5.14 Å². The Labute approximate surface area is 92.5 Å². The van der Waals surface area contributed by atoms with Crippen molar-refractivity contribution in [3.8, 4) is 0 Å². The van der Waals surface area contributed by atoms with Crippen molar-refractivity contribution in [2.75, 3.05) is 6.54 Å². The van der Waals surface area contributed by atoms with Gasteiger partial charge >= 0.3 is 0 Å². The molecule has 16 heavy (non-hydrogen) atoms. The standard InChI is InChI=1S/C8H11N5O2S/c9-16(14,15)10-5-4-8-12-11-7-3-1-2-6-13(7)8/h1-3,6,10H,4-5H2,(H2,9,14,15). The number of fused-ring (bicyclic) bond motifs is 1. The van der Waals surface area contributed by atoms with Crippen LogP contribution in [-0.4, -0.2) is 29.6 Å². The van der Waals surface area contributed by atoms with Gasteiger partial charge in [0, 0.05) is 19.2 Å². The van der Waals surface area contributed by atoms with E-state index in [9.17, 15) is 8.42 Å². The van der Waals surface area contributed by atoms with Gasteiger partial charge in [0.05, 0.1) is 0 Å². The van der Waals surface area contributed by atoms with Crippen LogP contribution < -0.4 is 9.86 Å². The summed E-state index contributed by atoms with van der Waals surface area (Å²) in [6, 6.07) is 5.53. The Morgan fingerprint density at radius 2 is 2.19 bits per heavy atom. The minimum atomic E-state index is -3.64. The normalized spacial score (nSPS) is 12.1. The monoisotopic (exact) mass is 241 g/mol. The molecular weight excluding hydrogens is 230 g/mol. The summed E-state index contributed by atoms with van der Waals surface area (Å²) >= 11 is 0. The molecule has 0 aliphatic carbocycles. The Balaban J connectivity index is 2.10. The summed E-state index contributed by atoms with van der Waals surface area (Å²) in [4.78, 5) is 0. The highest BCUT2D eigenvalue weighted by molar-refractivity contribution is 7.87. The van der Waals surface area contributed by atoms with E-state index < -0.39 is 10.2 Å². The van der Waals surface area contributed by atoms with Crippen LogP contribution in [0.3, 0.4) is 0 Å². The Morgan fingerprint density at radius 3 is 2.94 bits per heavy atom. The van der Waals surface area contributed by atoms with Crippen molar-refractivity contribution in [1.82, 2.24) is 19.3 Å². The third-order valence-corrected chi connectivity index (χ3v) is 2.64. The lowest BCUT2D eigenvalue weighted by molar-refractivity contribution is 0.582. The average molecular weight is 241 g/mol. The number of nitrogens with two attached hydrogens (primary N) is 1. The molecule has 0 aromatic carbocycles. The summed E-state index contributed by atoms with van der Waals surface area (Å²) < 4.78 is 25.3. The van der Waals surface area contributed by atoms with Gasteiger partial charge in [0.25, 0.3) is 10.2 Å². The van der Waals surface area contributed by atoms with E-state index in [2.05, 4.69) is 14.9 Å². The first kappa shape index (κ1) is 11.0. The Hall–Kier alpha value is -1.51. The van der Waals surface area contributed by atoms with Crippen LogP contribution in [-0.2, 0) is 16.6 Å². The number of hydrogen-bond acceptors (Lipinski definition) is 4. The van der Waals surface area contributed by atoms with Crippen LogP contribution in [0.5, 0.6) is 0 Å². The Bertz CT molecular complexity index is 591. The highest BCUT2D eigenvalue weighted by atomic mass is 32.2. The molecule has 8 heteroatoms. The van der Waals surface area contributed by atoms with Gasteiger partial charge in [0.2, 0.25) is 0 Å². The summed E-state index contributed by atoms with van der Waals surface area (Å²) in [5, 5.41) is 12.7. The molecule has 0 bridgehead atoms. The molecule has 0 spiro atoms. The molecule has 2 heterocycles. The Kier molecular flexibility index (Phi) is 2.86. The number of hydrogen-bond donors (Lipinski definition) is 2. The molecule has 0 amide bonds. The minimum absolute atomic E-state index is 0.203.